The summed E-state index contributed by atoms with van der Waals surface area (Å²) >= 11 is 0. The molecule has 4 atom stereocenters. The van der Waals surface area contributed by atoms with Crippen LogP contribution < -0.4 is 10.7 Å². The predicted octanol–water partition coefficient (Wildman–Crippen LogP) is 4.98. The fourth-order valence-corrected chi connectivity index (χ4v) is 5.92. The van der Waals surface area contributed by atoms with Crippen molar-refractivity contribution in [2.24, 2.45) is 10.7 Å². The van der Waals surface area contributed by atoms with Crippen LogP contribution >= 0.6 is 0 Å². The largest absolute Gasteiger partial charge is 0.414 e. The van der Waals surface area contributed by atoms with E-state index in [0.717, 1.165) is 41.1 Å². The number of rotatable bonds is 3. The molecule has 4 heterocycles. The highest BCUT2D eigenvalue weighted by atomic mass is 19.4. The minimum Gasteiger partial charge on any atom is -0.370 e. The molecular formula is C28H28F5N5O. The third-order valence-electron chi connectivity index (χ3n) is 7.83. The van der Waals surface area contributed by atoms with Crippen molar-refractivity contribution >= 4 is 11.5 Å². The Morgan fingerprint density at radius 1 is 1.08 bits per heavy atom. The van der Waals surface area contributed by atoms with Crippen molar-refractivity contribution in [1.82, 2.24) is 9.91 Å². The Labute approximate surface area is 222 Å². The number of nitrogens with zero attached hydrogens (tertiary/aromatic N) is 4. The SMILES string of the molecule is Cc1ccc(N2C3=C(CN([C@H]4CO[C@H](c5cc(F)ccc5F)[C@@H](N)C4)CC3)C3=NC=CC(C(F)(F)F)N32)cc1. The fourth-order valence-electron chi connectivity index (χ4n) is 5.92. The summed E-state index contributed by atoms with van der Waals surface area (Å²) in [5.74, 6) is -0.864. The molecule has 206 valence electrons. The number of halogens is 5. The first-order valence-electron chi connectivity index (χ1n) is 12.9. The van der Waals surface area contributed by atoms with Crippen molar-refractivity contribution in [3.8, 4) is 0 Å². The van der Waals surface area contributed by atoms with Crippen molar-refractivity contribution in [2.45, 2.75) is 50.2 Å². The Bertz CT molecular complexity index is 1360. The lowest BCUT2D eigenvalue weighted by molar-refractivity contribution is -0.161. The van der Waals surface area contributed by atoms with Crippen LogP contribution in [0.2, 0.25) is 0 Å². The van der Waals surface area contributed by atoms with Crippen LogP contribution in [-0.2, 0) is 4.74 Å². The third kappa shape index (κ3) is 4.62. The van der Waals surface area contributed by atoms with Gasteiger partial charge in [0.25, 0.3) is 0 Å². The minimum absolute atomic E-state index is 0.0892. The Morgan fingerprint density at radius 2 is 1.85 bits per heavy atom. The first-order chi connectivity index (χ1) is 18.6. The fraction of sp³-hybridized carbons (Fsp3) is 0.393. The molecule has 0 saturated carbocycles. The highest BCUT2D eigenvalue weighted by molar-refractivity contribution is 6.05. The number of fused-ring (bicyclic) bond motifs is 2. The molecule has 39 heavy (non-hydrogen) atoms. The molecule has 1 unspecified atom stereocenters. The number of benzene rings is 2. The van der Waals surface area contributed by atoms with Gasteiger partial charge in [-0.15, -0.1) is 0 Å². The summed E-state index contributed by atoms with van der Waals surface area (Å²) in [5, 5.41) is 2.89. The Morgan fingerprint density at radius 3 is 2.56 bits per heavy atom. The average molecular weight is 546 g/mol. The lowest BCUT2D eigenvalue weighted by Gasteiger charge is -2.42. The van der Waals surface area contributed by atoms with Gasteiger partial charge in [-0.3, -0.25) is 9.91 Å². The van der Waals surface area contributed by atoms with Crippen molar-refractivity contribution in [3.05, 3.63) is 88.8 Å². The Kier molecular flexibility index (Phi) is 6.47. The second kappa shape index (κ2) is 9.72. The number of hydrazine groups is 1. The van der Waals surface area contributed by atoms with E-state index >= 15 is 0 Å². The van der Waals surface area contributed by atoms with Gasteiger partial charge in [0.05, 0.1) is 18.0 Å². The number of ether oxygens (including phenoxy) is 1. The van der Waals surface area contributed by atoms with Crippen LogP contribution in [0.5, 0.6) is 0 Å². The zero-order chi connectivity index (χ0) is 27.5. The number of aryl methyl sites for hydroxylation is 1. The van der Waals surface area contributed by atoms with E-state index in [4.69, 9.17) is 10.5 Å². The van der Waals surface area contributed by atoms with Crippen LogP contribution in [0, 0.1) is 18.6 Å². The molecule has 0 aliphatic carbocycles. The van der Waals surface area contributed by atoms with Crippen LogP contribution in [0.25, 0.3) is 0 Å². The molecule has 6 nitrogen and oxygen atoms in total. The summed E-state index contributed by atoms with van der Waals surface area (Å²) in [6.07, 6.45) is -2.02. The second-order valence-corrected chi connectivity index (χ2v) is 10.4. The first-order valence-corrected chi connectivity index (χ1v) is 12.9. The maximum atomic E-state index is 14.4. The molecule has 0 amide bonds. The number of nitrogens with two attached hydrogens (primary N) is 1. The zero-order valence-electron chi connectivity index (χ0n) is 21.2. The van der Waals surface area contributed by atoms with Crippen LogP contribution in [-0.4, -0.2) is 59.7 Å². The maximum Gasteiger partial charge on any atom is 0.414 e. The number of aliphatic imine (C=N–C) groups is 1. The number of amidine groups is 1. The molecule has 2 aromatic rings. The molecular weight excluding hydrogens is 517 g/mol. The zero-order valence-corrected chi connectivity index (χ0v) is 21.2. The Hall–Kier alpha value is -3.28. The summed E-state index contributed by atoms with van der Waals surface area (Å²) in [4.78, 5) is 6.54. The number of hydrogen-bond acceptors (Lipinski definition) is 6. The highest BCUT2D eigenvalue weighted by Crippen LogP contribution is 2.43. The molecule has 11 heteroatoms. The van der Waals surface area contributed by atoms with Gasteiger partial charge in [0.15, 0.2) is 11.9 Å². The first kappa shape index (κ1) is 26.0. The summed E-state index contributed by atoms with van der Waals surface area (Å²) in [6.45, 7) is 3.10. The van der Waals surface area contributed by atoms with Crippen molar-refractivity contribution in [2.75, 3.05) is 24.7 Å². The maximum absolute atomic E-state index is 14.4. The van der Waals surface area contributed by atoms with Gasteiger partial charge >= 0.3 is 6.18 Å². The van der Waals surface area contributed by atoms with Gasteiger partial charge < -0.3 is 10.5 Å². The average Bonchev–Trinajstić information content (AvgIpc) is 3.24. The molecule has 2 aromatic carbocycles. The van der Waals surface area contributed by atoms with Gasteiger partial charge in [0.2, 0.25) is 0 Å². The summed E-state index contributed by atoms with van der Waals surface area (Å²) in [7, 11) is 0. The molecule has 2 N–H and O–H groups in total. The predicted molar refractivity (Wildman–Crippen MR) is 137 cm³/mol. The second-order valence-electron chi connectivity index (χ2n) is 10.4. The number of hydrogen-bond donors (Lipinski definition) is 1. The lowest BCUT2D eigenvalue weighted by atomic mass is 9.92. The smallest absolute Gasteiger partial charge is 0.370 e. The standard InChI is InChI=1S/C28H28F5N5O/c1-16-2-5-18(6-3-16)37-24-9-11-36(14-21(24)27-35-10-8-25(38(27)37)28(31,32)33)19-13-23(34)26(39-15-19)20-12-17(29)4-7-22(20)30/h2-8,10,12,19,23,25-26H,9,11,13-15,34H2,1H3/t19-,23+,25?,26-/m1/s1. The number of alkyl halides is 3. The third-order valence-corrected chi connectivity index (χ3v) is 7.83. The van der Waals surface area contributed by atoms with Gasteiger partial charge in [-0.05, 0) is 49.8 Å². The van der Waals surface area contributed by atoms with Crippen molar-refractivity contribution in [1.29, 1.82) is 0 Å². The van der Waals surface area contributed by atoms with Crippen LogP contribution in [0.1, 0.15) is 30.1 Å². The topological polar surface area (TPSA) is 57.3 Å². The van der Waals surface area contributed by atoms with E-state index in [1.165, 1.54) is 11.2 Å². The van der Waals surface area contributed by atoms with Crippen LogP contribution in [0.15, 0.2) is 71.0 Å². The quantitative estimate of drug-likeness (QED) is 0.552. The lowest BCUT2D eigenvalue weighted by Crippen LogP contribution is -2.54. The van der Waals surface area contributed by atoms with Gasteiger partial charge in [-0.25, -0.2) is 18.8 Å². The van der Waals surface area contributed by atoms with Gasteiger partial charge in [0.1, 0.15) is 17.7 Å². The van der Waals surface area contributed by atoms with Gasteiger partial charge in [0, 0.05) is 48.9 Å². The number of anilines is 1. The molecule has 0 aromatic heterocycles. The van der Waals surface area contributed by atoms with Crippen LogP contribution in [0.3, 0.4) is 0 Å². The Balaban J connectivity index is 1.27. The van der Waals surface area contributed by atoms with Gasteiger partial charge in [-0.1, -0.05) is 17.7 Å². The monoisotopic (exact) mass is 545 g/mol. The van der Waals surface area contributed by atoms with Crippen LogP contribution in [0.4, 0.5) is 27.6 Å². The van der Waals surface area contributed by atoms with E-state index in [-0.39, 0.29) is 24.0 Å². The molecule has 1 fully saturated rings. The van der Waals surface area contributed by atoms with Gasteiger partial charge in [-0.2, -0.15) is 13.2 Å². The molecule has 1 saturated heterocycles. The normalized spacial score (nSPS) is 27.5. The summed E-state index contributed by atoms with van der Waals surface area (Å²) in [6, 6.07) is 8.04. The van der Waals surface area contributed by atoms with E-state index in [9.17, 15) is 22.0 Å². The van der Waals surface area contributed by atoms with E-state index in [1.54, 1.807) is 5.01 Å². The molecule has 0 radical (unpaired) electrons. The van der Waals surface area contributed by atoms with E-state index in [1.807, 2.05) is 31.2 Å². The molecule has 4 aliphatic rings. The summed E-state index contributed by atoms with van der Waals surface area (Å²) < 4.78 is 76.6. The molecule has 0 bridgehead atoms. The van der Waals surface area contributed by atoms with Crippen molar-refractivity contribution < 1.29 is 26.7 Å². The molecule has 0 spiro atoms. The van der Waals surface area contributed by atoms with E-state index in [2.05, 4.69) is 9.89 Å². The van der Waals surface area contributed by atoms with E-state index < -0.39 is 36.0 Å². The summed E-state index contributed by atoms with van der Waals surface area (Å²) in [5.41, 5.74) is 9.64. The highest BCUT2D eigenvalue weighted by Gasteiger charge is 2.52. The minimum atomic E-state index is -4.50. The van der Waals surface area contributed by atoms with Crippen molar-refractivity contribution in [3.63, 3.8) is 0 Å². The molecule has 6 rings (SSSR count). The van der Waals surface area contributed by atoms with E-state index in [0.29, 0.717) is 31.6 Å². The molecule has 4 aliphatic heterocycles.